The highest BCUT2D eigenvalue weighted by molar-refractivity contribution is 5.54. The van der Waals surface area contributed by atoms with Gasteiger partial charge in [-0.25, -0.2) is 0 Å². The van der Waals surface area contributed by atoms with E-state index in [1.54, 1.807) is 0 Å². The van der Waals surface area contributed by atoms with Crippen LogP contribution in [0.3, 0.4) is 0 Å². The van der Waals surface area contributed by atoms with Crippen LogP contribution in [0.25, 0.3) is 0 Å². The van der Waals surface area contributed by atoms with E-state index in [0.29, 0.717) is 6.54 Å². The smallest absolute Gasteiger partial charge is 0.123 e. The van der Waals surface area contributed by atoms with Crippen molar-refractivity contribution in [3.8, 4) is 0 Å². The van der Waals surface area contributed by atoms with E-state index in [0.717, 1.165) is 18.3 Å². The van der Waals surface area contributed by atoms with Gasteiger partial charge in [-0.3, -0.25) is 0 Å². The molecule has 1 unspecified atom stereocenters. The van der Waals surface area contributed by atoms with Gasteiger partial charge in [-0.1, -0.05) is 45.9 Å². The molecule has 0 spiro atoms. The second kappa shape index (κ2) is 5.46. The molecule has 0 amide bonds. The van der Waals surface area contributed by atoms with Crippen LogP contribution in [0.1, 0.15) is 44.4 Å². The molecule has 1 rings (SSSR count). The van der Waals surface area contributed by atoms with Crippen LogP contribution < -0.4 is 5.73 Å². The second-order valence-electron chi connectivity index (χ2n) is 5.76. The topological polar surface area (TPSA) is 43.1 Å². The molecule has 0 aliphatic carbocycles. The molecular weight excluding hydrogens is 210 g/mol. The van der Waals surface area contributed by atoms with E-state index >= 15 is 0 Å². The van der Waals surface area contributed by atoms with E-state index in [1.165, 1.54) is 11.1 Å². The average molecular weight is 233 g/mol. The van der Waals surface area contributed by atoms with Crippen molar-refractivity contribution in [2.75, 3.05) is 0 Å². The number of benzene rings is 1. The van der Waals surface area contributed by atoms with Gasteiger partial charge in [0.2, 0.25) is 0 Å². The SMILES string of the molecule is CC(C=O)Cc1cc(C(C)(C)C)ccc1CN. The summed E-state index contributed by atoms with van der Waals surface area (Å²) >= 11 is 0. The maximum absolute atomic E-state index is 10.8. The monoisotopic (exact) mass is 233 g/mol. The molecule has 1 aromatic rings. The summed E-state index contributed by atoms with van der Waals surface area (Å²) in [6.45, 7) is 9.05. The average Bonchev–Trinajstić information content (AvgIpc) is 2.27. The van der Waals surface area contributed by atoms with E-state index in [4.69, 9.17) is 5.73 Å². The van der Waals surface area contributed by atoms with Gasteiger partial charge in [-0.05, 0) is 28.5 Å². The highest BCUT2D eigenvalue weighted by Crippen LogP contribution is 2.25. The summed E-state index contributed by atoms with van der Waals surface area (Å²) in [5.74, 6) is 0.0514. The summed E-state index contributed by atoms with van der Waals surface area (Å²) in [6.07, 6.45) is 1.78. The lowest BCUT2D eigenvalue weighted by atomic mass is 9.84. The van der Waals surface area contributed by atoms with E-state index in [1.807, 2.05) is 6.92 Å². The molecule has 1 aromatic carbocycles. The van der Waals surface area contributed by atoms with E-state index < -0.39 is 0 Å². The van der Waals surface area contributed by atoms with Gasteiger partial charge in [0.25, 0.3) is 0 Å². The predicted octanol–water partition coefficient (Wildman–Crippen LogP) is 2.82. The van der Waals surface area contributed by atoms with Gasteiger partial charge in [0.05, 0.1) is 0 Å². The number of hydrogen-bond acceptors (Lipinski definition) is 2. The van der Waals surface area contributed by atoms with Gasteiger partial charge in [0.15, 0.2) is 0 Å². The van der Waals surface area contributed by atoms with Crippen molar-refractivity contribution in [1.29, 1.82) is 0 Å². The van der Waals surface area contributed by atoms with E-state index in [-0.39, 0.29) is 11.3 Å². The van der Waals surface area contributed by atoms with E-state index in [2.05, 4.69) is 39.0 Å². The van der Waals surface area contributed by atoms with Crippen LogP contribution in [0.4, 0.5) is 0 Å². The Morgan fingerprint density at radius 3 is 2.41 bits per heavy atom. The summed E-state index contributed by atoms with van der Waals surface area (Å²) in [5.41, 5.74) is 9.52. The third-order valence-electron chi connectivity index (χ3n) is 3.07. The van der Waals surface area contributed by atoms with E-state index in [9.17, 15) is 4.79 Å². The van der Waals surface area contributed by atoms with Crippen LogP contribution in [0.2, 0.25) is 0 Å². The molecule has 2 heteroatoms. The Bertz CT molecular complexity index is 390. The summed E-state index contributed by atoms with van der Waals surface area (Å²) in [4.78, 5) is 10.8. The van der Waals surface area contributed by atoms with Gasteiger partial charge in [0.1, 0.15) is 6.29 Å². The fourth-order valence-corrected chi connectivity index (χ4v) is 1.88. The molecule has 17 heavy (non-hydrogen) atoms. The summed E-state index contributed by atoms with van der Waals surface area (Å²) < 4.78 is 0. The van der Waals surface area contributed by atoms with Crippen LogP contribution in [0.15, 0.2) is 18.2 Å². The van der Waals surface area contributed by atoms with Crippen molar-refractivity contribution < 1.29 is 4.79 Å². The Labute approximate surface area is 104 Å². The van der Waals surface area contributed by atoms with Gasteiger partial charge in [0, 0.05) is 12.5 Å². The first kappa shape index (κ1) is 13.9. The molecule has 2 N–H and O–H groups in total. The quantitative estimate of drug-likeness (QED) is 0.813. The third-order valence-corrected chi connectivity index (χ3v) is 3.07. The molecule has 0 aliphatic heterocycles. The van der Waals surface area contributed by atoms with Crippen molar-refractivity contribution in [3.63, 3.8) is 0 Å². The zero-order valence-electron chi connectivity index (χ0n) is 11.3. The number of carbonyl (C=O) groups excluding carboxylic acids is 1. The Kier molecular flexibility index (Phi) is 4.47. The molecule has 1 atom stereocenters. The lowest BCUT2D eigenvalue weighted by molar-refractivity contribution is -0.110. The fraction of sp³-hybridized carbons (Fsp3) is 0.533. The zero-order valence-corrected chi connectivity index (χ0v) is 11.3. The van der Waals surface area contributed by atoms with Gasteiger partial charge >= 0.3 is 0 Å². The number of rotatable bonds is 4. The lowest BCUT2D eigenvalue weighted by Crippen LogP contribution is -2.14. The maximum Gasteiger partial charge on any atom is 0.123 e. The van der Waals surface area contributed by atoms with Crippen LogP contribution in [0.5, 0.6) is 0 Å². The minimum absolute atomic E-state index is 0.0514. The molecule has 94 valence electrons. The molecule has 0 bridgehead atoms. The normalized spacial score (nSPS) is 13.5. The lowest BCUT2D eigenvalue weighted by Gasteiger charge is -2.21. The minimum atomic E-state index is 0.0514. The van der Waals surface area contributed by atoms with Crippen LogP contribution >= 0.6 is 0 Å². The van der Waals surface area contributed by atoms with Gasteiger partial charge < -0.3 is 10.5 Å². The summed E-state index contributed by atoms with van der Waals surface area (Å²) in [6, 6.07) is 6.42. The second-order valence-corrected chi connectivity index (χ2v) is 5.76. The molecule has 0 saturated carbocycles. The fourth-order valence-electron chi connectivity index (χ4n) is 1.88. The maximum atomic E-state index is 10.8. The third kappa shape index (κ3) is 3.67. The highest BCUT2D eigenvalue weighted by Gasteiger charge is 2.16. The molecule has 0 heterocycles. The predicted molar refractivity (Wildman–Crippen MR) is 72.0 cm³/mol. The number of aldehydes is 1. The molecule has 2 nitrogen and oxygen atoms in total. The molecule has 0 fully saturated rings. The zero-order chi connectivity index (χ0) is 13.1. The Hall–Kier alpha value is -1.15. The largest absolute Gasteiger partial charge is 0.326 e. The molecule has 0 saturated heterocycles. The molecule has 0 aliphatic rings. The first-order chi connectivity index (χ1) is 7.88. The Balaban J connectivity index is 3.11. The number of carbonyl (C=O) groups is 1. The Morgan fingerprint density at radius 2 is 1.94 bits per heavy atom. The molecular formula is C15H23NO. The Morgan fingerprint density at radius 1 is 1.29 bits per heavy atom. The van der Waals surface area contributed by atoms with Crippen molar-refractivity contribution in [3.05, 3.63) is 34.9 Å². The van der Waals surface area contributed by atoms with Crippen molar-refractivity contribution in [2.45, 2.75) is 46.1 Å². The first-order valence-corrected chi connectivity index (χ1v) is 6.16. The molecule has 0 radical (unpaired) electrons. The minimum Gasteiger partial charge on any atom is -0.326 e. The van der Waals surface area contributed by atoms with Crippen molar-refractivity contribution in [2.24, 2.45) is 11.7 Å². The number of hydrogen-bond donors (Lipinski definition) is 1. The summed E-state index contributed by atoms with van der Waals surface area (Å²) in [7, 11) is 0. The van der Waals surface area contributed by atoms with Crippen LogP contribution in [0, 0.1) is 5.92 Å². The summed E-state index contributed by atoms with van der Waals surface area (Å²) in [5, 5.41) is 0. The van der Waals surface area contributed by atoms with Crippen molar-refractivity contribution in [1.82, 2.24) is 0 Å². The standard InChI is InChI=1S/C15H23NO/c1-11(10-17)7-13-8-14(15(2,3)4)6-5-12(13)9-16/h5-6,8,10-11H,7,9,16H2,1-4H3. The van der Waals surface area contributed by atoms with Crippen molar-refractivity contribution >= 4 is 6.29 Å². The molecule has 0 aromatic heterocycles. The highest BCUT2D eigenvalue weighted by atomic mass is 16.1. The van der Waals surface area contributed by atoms with Crippen LogP contribution in [-0.4, -0.2) is 6.29 Å². The number of nitrogens with two attached hydrogens (primary N) is 1. The van der Waals surface area contributed by atoms with Gasteiger partial charge in [-0.2, -0.15) is 0 Å². The van der Waals surface area contributed by atoms with Crippen LogP contribution in [-0.2, 0) is 23.2 Å². The first-order valence-electron chi connectivity index (χ1n) is 6.16. The van der Waals surface area contributed by atoms with Gasteiger partial charge in [-0.15, -0.1) is 0 Å².